The second kappa shape index (κ2) is 9.96. The van der Waals surface area contributed by atoms with Crippen LogP contribution in [0.3, 0.4) is 0 Å². The van der Waals surface area contributed by atoms with E-state index in [0.29, 0.717) is 28.8 Å². The minimum absolute atomic E-state index is 0.0584. The number of hydrogen-bond acceptors (Lipinski definition) is 6. The minimum Gasteiger partial charge on any atom is -0.501 e. The Hall–Kier alpha value is -1.74. The molecule has 0 heterocycles. The summed E-state index contributed by atoms with van der Waals surface area (Å²) in [5.74, 6) is 0.181. The first-order valence-electron chi connectivity index (χ1n) is 12.3. The van der Waals surface area contributed by atoms with Gasteiger partial charge in [-0.2, -0.15) is 0 Å². The van der Waals surface area contributed by atoms with E-state index in [-0.39, 0.29) is 22.8 Å². The maximum Gasteiger partial charge on any atom is 0.209 e. The van der Waals surface area contributed by atoms with E-state index >= 15 is 0 Å². The van der Waals surface area contributed by atoms with Crippen molar-refractivity contribution in [3.8, 4) is 0 Å². The zero-order valence-electron chi connectivity index (χ0n) is 22.3. The summed E-state index contributed by atoms with van der Waals surface area (Å²) in [6.07, 6.45) is 3.78. The fraction of sp³-hybridized carbons (Fsp3) is 0.593. The highest BCUT2D eigenvalue weighted by Crippen LogP contribution is 2.57. The molecular formula is C27H40O6SSi. The van der Waals surface area contributed by atoms with E-state index in [1.807, 2.05) is 6.08 Å². The summed E-state index contributed by atoms with van der Waals surface area (Å²) in [5.41, 5.74) is -0.919. The van der Waals surface area contributed by atoms with Crippen LogP contribution in [0.4, 0.5) is 0 Å². The second-order valence-electron chi connectivity index (χ2n) is 10.7. The van der Waals surface area contributed by atoms with Crippen molar-refractivity contribution in [1.29, 1.82) is 0 Å². The lowest BCUT2D eigenvalue weighted by molar-refractivity contribution is -0.131. The Balaban J connectivity index is 2.14. The van der Waals surface area contributed by atoms with Crippen molar-refractivity contribution in [2.75, 3.05) is 20.8 Å². The molecule has 0 bridgehead atoms. The van der Waals surface area contributed by atoms with Crippen molar-refractivity contribution in [1.82, 2.24) is 0 Å². The van der Waals surface area contributed by atoms with Crippen LogP contribution in [-0.2, 0) is 28.5 Å². The molecule has 0 radical (unpaired) electrons. The van der Waals surface area contributed by atoms with Crippen LogP contribution in [0.1, 0.15) is 54.4 Å². The lowest BCUT2D eigenvalue weighted by Gasteiger charge is -2.50. The lowest BCUT2D eigenvalue weighted by Crippen LogP contribution is -2.57. The average Bonchev–Trinajstić information content (AvgIpc) is 3.12. The second-order valence-corrected chi connectivity index (χ2v) is 18.1. The number of rotatable bonds is 10. The molecule has 8 heteroatoms. The van der Waals surface area contributed by atoms with Crippen LogP contribution in [0.15, 0.2) is 58.0 Å². The number of carbonyl (C=O) groups excluding carboxylic acids is 1. The number of fused-ring (bicyclic) bond motifs is 1. The Kier molecular flexibility index (Phi) is 7.92. The molecule has 6 nitrogen and oxygen atoms in total. The first kappa shape index (κ1) is 27.8. The molecule has 2 atom stereocenters. The van der Waals surface area contributed by atoms with E-state index in [4.69, 9.17) is 13.9 Å². The number of hydrogen-bond donors (Lipinski definition) is 0. The average molecular weight is 521 g/mol. The molecule has 0 aromatic heterocycles. The first-order valence-corrected chi connectivity index (χ1v) is 16.0. The third kappa shape index (κ3) is 4.26. The number of allylic oxidation sites excluding steroid dienone is 1. The molecule has 0 N–H and O–H groups in total. The molecule has 0 amide bonds. The Bertz CT molecular complexity index is 1080. The number of benzene rings is 1. The van der Waals surface area contributed by atoms with Crippen LogP contribution in [0.25, 0.3) is 0 Å². The van der Waals surface area contributed by atoms with Crippen LogP contribution in [-0.4, -0.2) is 48.9 Å². The van der Waals surface area contributed by atoms with Crippen molar-refractivity contribution in [2.24, 2.45) is 5.41 Å². The number of sulfone groups is 1. The highest BCUT2D eigenvalue weighted by molar-refractivity contribution is 7.96. The summed E-state index contributed by atoms with van der Waals surface area (Å²) in [7, 11) is -3.13. The van der Waals surface area contributed by atoms with E-state index in [1.54, 1.807) is 32.4 Å². The molecule has 0 fully saturated rings. The normalized spacial score (nSPS) is 25.2. The van der Waals surface area contributed by atoms with E-state index in [9.17, 15) is 13.2 Å². The van der Waals surface area contributed by atoms with Gasteiger partial charge >= 0.3 is 0 Å². The summed E-state index contributed by atoms with van der Waals surface area (Å²) in [6.45, 7) is 13.5. The molecule has 0 aliphatic heterocycles. The largest absolute Gasteiger partial charge is 0.501 e. The summed E-state index contributed by atoms with van der Waals surface area (Å²) in [4.78, 5) is 13.5. The van der Waals surface area contributed by atoms with Gasteiger partial charge in [-0.15, -0.1) is 0 Å². The van der Waals surface area contributed by atoms with Gasteiger partial charge in [-0.25, -0.2) is 8.42 Å². The highest BCUT2D eigenvalue weighted by Gasteiger charge is 2.63. The van der Waals surface area contributed by atoms with Crippen molar-refractivity contribution in [3.05, 3.63) is 53.1 Å². The van der Waals surface area contributed by atoms with Gasteiger partial charge in [0.25, 0.3) is 0 Å². The van der Waals surface area contributed by atoms with E-state index in [1.165, 1.54) is 18.2 Å². The Labute approximate surface area is 211 Å². The van der Waals surface area contributed by atoms with E-state index in [2.05, 4.69) is 41.5 Å². The number of methoxy groups -OCH3 is 2. The zero-order chi connectivity index (χ0) is 26.2. The summed E-state index contributed by atoms with van der Waals surface area (Å²) < 4.78 is 45.8. The predicted octanol–water partition coefficient (Wildman–Crippen LogP) is 5.81. The Morgan fingerprint density at radius 1 is 0.971 bits per heavy atom. The van der Waals surface area contributed by atoms with Crippen LogP contribution in [0, 0.1) is 5.41 Å². The monoisotopic (exact) mass is 520 g/mol. The first-order chi connectivity index (χ1) is 16.3. The molecule has 1 aromatic carbocycles. The number of Topliss-reactive ketones (excluding diaryl/α,β-unsaturated/α-hetero) is 1. The summed E-state index contributed by atoms with van der Waals surface area (Å²) >= 11 is 0. The number of carbonyl (C=O) groups is 1. The summed E-state index contributed by atoms with van der Waals surface area (Å²) in [6, 6.07) is 8.07. The number of ether oxygens (including phenoxy) is 2. The third-order valence-corrected chi connectivity index (χ3v) is 16.1. The minimum atomic E-state index is -4.00. The molecule has 1 aromatic rings. The van der Waals surface area contributed by atoms with Gasteiger partial charge in [0.05, 0.1) is 24.0 Å². The van der Waals surface area contributed by atoms with Gasteiger partial charge < -0.3 is 13.9 Å². The van der Waals surface area contributed by atoms with Gasteiger partial charge in [0.15, 0.2) is 14.1 Å². The van der Waals surface area contributed by atoms with Gasteiger partial charge in [-0.05, 0) is 40.9 Å². The van der Waals surface area contributed by atoms with Crippen molar-refractivity contribution >= 4 is 23.9 Å². The third-order valence-electron chi connectivity index (χ3n) is 8.18. The Morgan fingerprint density at radius 2 is 1.54 bits per heavy atom. The van der Waals surface area contributed by atoms with Gasteiger partial charge in [0.2, 0.25) is 9.84 Å². The summed E-state index contributed by atoms with van der Waals surface area (Å²) in [5, 5.41) is 0. The molecule has 0 saturated heterocycles. The fourth-order valence-corrected chi connectivity index (χ4v) is 13.5. The Morgan fingerprint density at radius 3 is 2.03 bits per heavy atom. The SMILES string of the molecule is COC1=CC[C@]2(OC)C=C(S(=O)(=O)c3ccccc3)C(=O)C[C@]12CO[Si](C(C)C)(C(C)C)C(C)C. The maximum atomic E-state index is 13.6. The van der Waals surface area contributed by atoms with Crippen molar-refractivity contribution in [2.45, 2.75) is 81.5 Å². The molecule has 35 heavy (non-hydrogen) atoms. The van der Waals surface area contributed by atoms with Crippen LogP contribution < -0.4 is 0 Å². The smallest absolute Gasteiger partial charge is 0.209 e. The molecular weight excluding hydrogens is 480 g/mol. The van der Waals surface area contributed by atoms with Crippen molar-refractivity contribution in [3.63, 3.8) is 0 Å². The molecule has 2 aliphatic carbocycles. The fourth-order valence-electron chi connectivity index (χ4n) is 6.49. The molecule has 2 aliphatic rings. The maximum absolute atomic E-state index is 13.6. The molecule has 194 valence electrons. The van der Waals surface area contributed by atoms with E-state index < -0.39 is 35.0 Å². The molecule has 0 unspecified atom stereocenters. The predicted molar refractivity (Wildman–Crippen MR) is 140 cm³/mol. The van der Waals surface area contributed by atoms with E-state index in [0.717, 1.165) is 0 Å². The highest BCUT2D eigenvalue weighted by atomic mass is 32.2. The standard InChI is InChI=1S/C27H40O6SSi/c1-19(2)35(20(3)4,21(5)6)33-18-26-16-23(28)24(34(29,30)22-12-10-9-11-13-22)17-27(26,32-8)15-14-25(26)31-7/h9-14,17,19-21H,15-16,18H2,1-8H3/t26-,27-/m0/s1. The van der Waals surface area contributed by atoms with Crippen LogP contribution >= 0.6 is 0 Å². The van der Waals surface area contributed by atoms with Gasteiger partial charge in [0, 0.05) is 20.0 Å². The van der Waals surface area contributed by atoms with Crippen LogP contribution in [0.5, 0.6) is 0 Å². The van der Waals surface area contributed by atoms with Gasteiger partial charge in [-0.1, -0.05) is 59.7 Å². The molecule has 3 rings (SSSR count). The molecule has 0 saturated carbocycles. The van der Waals surface area contributed by atoms with Crippen LogP contribution in [0.2, 0.25) is 16.6 Å². The number of ketones is 1. The topological polar surface area (TPSA) is 78.9 Å². The zero-order valence-corrected chi connectivity index (χ0v) is 24.1. The van der Waals surface area contributed by atoms with Crippen molar-refractivity contribution < 1.29 is 27.1 Å². The molecule has 0 spiro atoms. The van der Waals surface area contributed by atoms with Gasteiger partial charge in [0.1, 0.15) is 16.3 Å². The quantitative estimate of drug-likeness (QED) is 0.362. The van der Waals surface area contributed by atoms with Gasteiger partial charge in [-0.3, -0.25) is 4.79 Å². The lowest BCUT2D eigenvalue weighted by atomic mass is 9.67.